The van der Waals surface area contributed by atoms with Crippen LogP contribution in [0.3, 0.4) is 0 Å². The molecule has 0 aliphatic rings. The predicted molar refractivity (Wildman–Crippen MR) is 79.2 cm³/mol. The van der Waals surface area contributed by atoms with Gasteiger partial charge in [-0.15, -0.1) is 0 Å². The van der Waals surface area contributed by atoms with Crippen molar-refractivity contribution in [2.45, 2.75) is 0 Å². The first-order valence-electron chi connectivity index (χ1n) is 6.20. The Morgan fingerprint density at radius 1 is 0.955 bits per heavy atom. The molecule has 0 saturated heterocycles. The number of halogens is 3. The third-order valence-electron chi connectivity index (χ3n) is 2.83. The van der Waals surface area contributed by atoms with Gasteiger partial charge in [0.1, 0.15) is 11.6 Å². The van der Waals surface area contributed by atoms with E-state index in [1.807, 2.05) is 0 Å². The number of rotatable bonds is 3. The molecule has 0 aliphatic heterocycles. The van der Waals surface area contributed by atoms with Gasteiger partial charge < -0.3 is 10.6 Å². The van der Waals surface area contributed by atoms with Crippen LogP contribution in [0.15, 0.2) is 36.4 Å². The van der Waals surface area contributed by atoms with Gasteiger partial charge in [-0.25, -0.2) is 8.78 Å². The van der Waals surface area contributed by atoms with E-state index < -0.39 is 17.5 Å². The average molecular weight is 325 g/mol. The Balaban J connectivity index is 2.29. The maximum Gasteiger partial charge on any atom is 0.255 e. The average Bonchev–Trinajstić information content (AvgIpc) is 2.47. The summed E-state index contributed by atoms with van der Waals surface area (Å²) in [5.74, 6) is -2.83. The van der Waals surface area contributed by atoms with E-state index in [9.17, 15) is 18.4 Å². The van der Waals surface area contributed by atoms with Crippen LogP contribution in [-0.2, 0) is 0 Å². The summed E-state index contributed by atoms with van der Waals surface area (Å²) in [6.45, 7) is 0. The molecule has 0 bridgehead atoms. The van der Waals surface area contributed by atoms with Crippen LogP contribution in [0.4, 0.5) is 14.5 Å². The van der Waals surface area contributed by atoms with Crippen LogP contribution in [0.2, 0.25) is 5.02 Å². The van der Waals surface area contributed by atoms with Gasteiger partial charge in [-0.3, -0.25) is 9.59 Å². The van der Waals surface area contributed by atoms with Crippen LogP contribution >= 0.6 is 11.6 Å². The second-order valence-electron chi connectivity index (χ2n) is 4.39. The Morgan fingerprint density at radius 3 is 2.18 bits per heavy atom. The Morgan fingerprint density at radius 2 is 1.59 bits per heavy atom. The highest BCUT2D eigenvalue weighted by Crippen LogP contribution is 2.24. The zero-order chi connectivity index (χ0) is 16.3. The predicted octanol–water partition coefficient (Wildman–Crippen LogP) is 3.23. The summed E-state index contributed by atoms with van der Waals surface area (Å²) in [6.07, 6.45) is 0. The quantitative estimate of drug-likeness (QED) is 0.910. The highest BCUT2D eigenvalue weighted by molar-refractivity contribution is 6.34. The van der Waals surface area contributed by atoms with E-state index in [2.05, 4.69) is 10.6 Å². The summed E-state index contributed by atoms with van der Waals surface area (Å²) in [5, 5.41) is 5.04. The Hall–Kier alpha value is -2.47. The van der Waals surface area contributed by atoms with Crippen LogP contribution in [0.1, 0.15) is 20.7 Å². The van der Waals surface area contributed by atoms with Crippen molar-refractivity contribution in [1.29, 1.82) is 0 Å². The molecule has 4 nitrogen and oxygen atoms in total. The van der Waals surface area contributed by atoms with Crippen LogP contribution in [-0.4, -0.2) is 18.9 Å². The summed E-state index contributed by atoms with van der Waals surface area (Å²) in [7, 11) is 1.46. The molecule has 0 atom stereocenters. The van der Waals surface area contributed by atoms with Gasteiger partial charge in [0.2, 0.25) is 0 Å². The fourth-order valence-electron chi connectivity index (χ4n) is 1.79. The first-order valence-corrected chi connectivity index (χ1v) is 6.57. The van der Waals surface area contributed by atoms with Crippen LogP contribution in [0.5, 0.6) is 0 Å². The number of hydrogen-bond acceptors (Lipinski definition) is 2. The highest BCUT2D eigenvalue weighted by Gasteiger charge is 2.13. The van der Waals surface area contributed by atoms with Crippen molar-refractivity contribution in [1.82, 2.24) is 5.32 Å². The molecule has 2 amide bonds. The highest BCUT2D eigenvalue weighted by atomic mass is 35.5. The Labute approximate surface area is 130 Å². The summed E-state index contributed by atoms with van der Waals surface area (Å²) in [5.41, 5.74) is 0.254. The molecule has 0 aliphatic carbocycles. The lowest BCUT2D eigenvalue weighted by Gasteiger charge is -2.09. The zero-order valence-corrected chi connectivity index (χ0v) is 12.2. The molecular formula is C15H11ClF2N2O2. The lowest BCUT2D eigenvalue weighted by Crippen LogP contribution is -2.18. The molecule has 7 heteroatoms. The number of carbonyl (C=O) groups excluding carboxylic acids is 2. The molecule has 2 N–H and O–H groups in total. The van der Waals surface area contributed by atoms with Gasteiger partial charge in [-0.1, -0.05) is 11.6 Å². The number of benzene rings is 2. The molecule has 0 saturated carbocycles. The van der Waals surface area contributed by atoms with Crippen LogP contribution in [0, 0.1) is 11.6 Å². The second kappa shape index (κ2) is 6.53. The van der Waals surface area contributed by atoms with E-state index >= 15 is 0 Å². The van der Waals surface area contributed by atoms with Gasteiger partial charge in [0.25, 0.3) is 11.8 Å². The van der Waals surface area contributed by atoms with Gasteiger partial charge in [-0.2, -0.15) is 0 Å². The number of anilines is 1. The lowest BCUT2D eigenvalue weighted by molar-refractivity contribution is 0.0961. The zero-order valence-electron chi connectivity index (χ0n) is 11.4. The largest absolute Gasteiger partial charge is 0.355 e. The van der Waals surface area contributed by atoms with Crippen molar-refractivity contribution in [2.24, 2.45) is 0 Å². The normalized spacial score (nSPS) is 10.2. The molecule has 0 fully saturated rings. The SMILES string of the molecule is CNC(=O)c1ccc(Cl)c(NC(=O)c2cc(F)cc(F)c2)c1. The third-order valence-corrected chi connectivity index (χ3v) is 3.16. The molecule has 2 aromatic rings. The van der Waals surface area contributed by atoms with Gasteiger partial charge in [-0.05, 0) is 30.3 Å². The van der Waals surface area contributed by atoms with Gasteiger partial charge in [0.15, 0.2) is 0 Å². The van der Waals surface area contributed by atoms with E-state index in [1.54, 1.807) is 0 Å². The minimum absolute atomic E-state index is 0.164. The van der Waals surface area contributed by atoms with Gasteiger partial charge in [0, 0.05) is 24.2 Å². The monoisotopic (exact) mass is 324 g/mol. The molecule has 0 unspecified atom stereocenters. The number of hydrogen-bond donors (Lipinski definition) is 2. The smallest absolute Gasteiger partial charge is 0.255 e. The minimum Gasteiger partial charge on any atom is -0.355 e. The fraction of sp³-hybridized carbons (Fsp3) is 0.0667. The molecule has 0 heterocycles. The molecule has 0 radical (unpaired) electrons. The summed E-state index contributed by atoms with van der Waals surface area (Å²) < 4.78 is 26.2. The van der Waals surface area contributed by atoms with Crippen molar-refractivity contribution in [3.63, 3.8) is 0 Å². The molecule has 114 valence electrons. The Kier molecular flexibility index (Phi) is 4.72. The van der Waals surface area contributed by atoms with E-state index in [4.69, 9.17) is 11.6 Å². The standard InChI is InChI=1S/C15H11ClF2N2O2/c1-19-14(21)8-2-3-12(16)13(6-8)20-15(22)9-4-10(17)7-11(18)5-9/h2-7H,1H3,(H,19,21)(H,20,22). The van der Waals surface area contributed by atoms with E-state index in [1.165, 1.54) is 25.2 Å². The molecule has 2 aromatic carbocycles. The molecule has 22 heavy (non-hydrogen) atoms. The fourth-order valence-corrected chi connectivity index (χ4v) is 1.95. The van der Waals surface area contributed by atoms with Crippen molar-refractivity contribution < 1.29 is 18.4 Å². The molecule has 2 rings (SSSR count). The van der Waals surface area contributed by atoms with Crippen molar-refractivity contribution in [3.8, 4) is 0 Å². The van der Waals surface area contributed by atoms with Crippen molar-refractivity contribution in [3.05, 3.63) is 64.2 Å². The summed E-state index contributed by atoms with van der Waals surface area (Å²) >= 11 is 5.94. The van der Waals surface area contributed by atoms with Crippen LogP contribution in [0.25, 0.3) is 0 Å². The topological polar surface area (TPSA) is 58.2 Å². The van der Waals surface area contributed by atoms with Crippen molar-refractivity contribution in [2.75, 3.05) is 12.4 Å². The van der Waals surface area contributed by atoms with E-state index in [0.717, 1.165) is 12.1 Å². The summed E-state index contributed by atoms with van der Waals surface area (Å²) in [4.78, 5) is 23.6. The maximum atomic E-state index is 13.1. The molecule has 0 aromatic heterocycles. The van der Waals surface area contributed by atoms with Gasteiger partial charge in [0.05, 0.1) is 10.7 Å². The minimum atomic E-state index is -0.865. The third kappa shape index (κ3) is 3.59. The van der Waals surface area contributed by atoms with E-state index in [-0.39, 0.29) is 27.7 Å². The lowest BCUT2D eigenvalue weighted by atomic mass is 10.1. The van der Waals surface area contributed by atoms with Crippen molar-refractivity contribution >= 4 is 29.1 Å². The molecular weight excluding hydrogens is 314 g/mol. The number of amides is 2. The van der Waals surface area contributed by atoms with Crippen LogP contribution < -0.4 is 10.6 Å². The maximum absolute atomic E-state index is 13.1. The summed E-state index contributed by atoms with van der Waals surface area (Å²) in [6, 6.07) is 6.75. The second-order valence-corrected chi connectivity index (χ2v) is 4.79. The first kappa shape index (κ1) is 15.9. The molecule has 0 spiro atoms. The van der Waals surface area contributed by atoms with E-state index in [0.29, 0.717) is 6.07 Å². The number of nitrogens with one attached hydrogen (secondary N) is 2. The first-order chi connectivity index (χ1) is 10.4. The van der Waals surface area contributed by atoms with Gasteiger partial charge >= 0.3 is 0 Å². The Bertz CT molecular complexity index is 730. The number of carbonyl (C=O) groups is 2.